The molecule has 0 unspecified atom stereocenters. The van der Waals surface area contributed by atoms with Crippen molar-refractivity contribution in [2.45, 2.75) is 19.6 Å². The molecule has 0 spiro atoms. The molecule has 2 aromatic rings. The fraction of sp³-hybridized carbons (Fsp3) is 0.308. The maximum Gasteiger partial charge on any atom is 0.416 e. The van der Waals surface area contributed by atoms with Gasteiger partial charge in [-0.1, -0.05) is 18.5 Å². The lowest BCUT2D eigenvalue weighted by Gasteiger charge is -2.10. The van der Waals surface area contributed by atoms with Gasteiger partial charge in [-0.2, -0.15) is 18.3 Å². The van der Waals surface area contributed by atoms with E-state index in [9.17, 15) is 13.2 Å². The van der Waals surface area contributed by atoms with E-state index in [4.69, 9.17) is 11.6 Å². The summed E-state index contributed by atoms with van der Waals surface area (Å²) in [5.74, 6) is 0. The molecule has 1 aromatic heterocycles. The van der Waals surface area contributed by atoms with Gasteiger partial charge < -0.3 is 5.32 Å². The number of nitrogens with zero attached hydrogens (tertiary/aromatic N) is 2. The Balaban J connectivity index is 2.32. The summed E-state index contributed by atoms with van der Waals surface area (Å²) in [6.45, 7) is 3.32. The number of alkyl halides is 3. The van der Waals surface area contributed by atoms with Gasteiger partial charge in [0.1, 0.15) is 0 Å². The minimum Gasteiger partial charge on any atom is -0.311 e. The molecule has 7 heteroatoms. The van der Waals surface area contributed by atoms with Crippen molar-refractivity contribution >= 4 is 11.6 Å². The van der Waals surface area contributed by atoms with E-state index in [1.165, 1.54) is 10.7 Å². The SMILES string of the molecule is CCNCc1ccn(-c2cc(Cl)cc(C(F)(F)F)c2)n1. The summed E-state index contributed by atoms with van der Waals surface area (Å²) in [6.07, 6.45) is -2.82. The van der Waals surface area contributed by atoms with Gasteiger partial charge in [-0.3, -0.25) is 0 Å². The quantitative estimate of drug-likeness (QED) is 0.934. The van der Waals surface area contributed by atoms with Crippen LogP contribution in [0.1, 0.15) is 18.2 Å². The zero-order valence-electron chi connectivity index (χ0n) is 10.7. The van der Waals surface area contributed by atoms with E-state index >= 15 is 0 Å². The van der Waals surface area contributed by atoms with E-state index < -0.39 is 11.7 Å². The molecule has 108 valence electrons. The fourth-order valence-electron chi connectivity index (χ4n) is 1.72. The van der Waals surface area contributed by atoms with E-state index in [2.05, 4.69) is 10.4 Å². The Hall–Kier alpha value is -1.53. The average molecular weight is 304 g/mol. The third kappa shape index (κ3) is 3.52. The van der Waals surface area contributed by atoms with Gasteiger partial charge in [-0.25, -0.2) is 4.68 Å². The van der Waals surface area contributed by atoms with Gasteiger partial charge in [0, 0.05) is 17.8 Å². The summed E-state index contributed by atoms with van der Waals surface area (Å²) in [5, 5.41) is 7.33. The highest BCUT2D eigenvalue weighted by Crippen LogP contribution is 2.32. The predicted molar refractivity (Wildman–Crippen MR) is 71.0 cm³/mol. The molecular formula is C13H13ClF3N3. The van der Waals surface area contributed by atoms with Gasteiger partial charge in [0.25, 0.3) is 0 Å². The number of aromatic nitrogens is 2. The molecule has 0 bridgehead atoms. The van der Waals surface area contributed by atoms with Crippen LogP contribution in [-0.2, 0) is 12.7 Å². The lowest BCUT2D eigenvalue weighted by atomic mass is 10.2. The summed E-state index contributed by atoms with van der Waals surface area (Å²) in [5.41, 5.74) is 0.247. The second kappa shape index (κ2) is 5.85. The summed E-state index contributed by atoms with van der Waals surface area (Å²) in [4.78, 5) is 0. The second-order valence-electron chi connectivity index (χ2n) is 4.23. The standard InChI is InChI=1S/C13H13ClF3N3/c1-2-18-8-11-3-4-20(19-11)12-6-9(13(15,16)17)5-10(14)7-12/h3-7,18H,2,8H2,1H3. The molecule has 20 heavy (non-hydrogen) atoms. The van der Waals surface area contributed by atoms with Crippen molar-refractivity contribution in [3.63, 3.8) is 0 Å². The van der Waals surface area contributed by atoms with Crippen LogP contribution >= 0.6 is 11.6 Å². The van der Waals surface area contributed by atoms with Crippen LogP contribution in [0.3, 0.4) is 0 Å². The van der Waals surface area contributed by atoms with E-state index in [0.29, 0.717) is 6.54 Å². The van der Waals surface area contributed by atoms with Crippen molar-refractivity contribution in [2.75, 3.05) is 6.54 Å². The van der Waals surface area contributed by atoms with Crippen LogP contribution in [0.15, 0.2) is 30.5 Å². The Labute approximate surface area is 119 Å². The third-order valence-electron chi connectivity index (χ3n) is 2.67. The van der Waals surface area contributed by atoms with Gasteiger partial charge >= 0.3 is 6.18 Å². The highest BCUT2D eigenvalue weighted by Gasteiger charge is 2.31. The number of hydrogen-bond acceptors (Lipinski definition) is 2. The maximum absolute atomic E-state index is 12.7. The van der Waals surface area contributed by atoms with Gasteiger partial charge in [0.15, 0.2) is 0 Å². The van der Waals surface area contributed by atoms with Crippen molar-refractivity contribution in [2.24, 2.45) is 0 Å². The minimum absolute atomic E-state index is 0.0264. The smallest absolute Gasteiger partial charge is 0.311 e. The summed E-state index contributed by atoms with van der Waals surface area (Å²) in [6, 6.07) is 5.11. The zero-order chi connectivity index (χ0) is 14.8. The molecule has 1 aromatic carbocycles. The Morgan fingerprint density at radius 1 is 1.30 bits per heavy atom. The third-order valence-corrected chi connectivity index (χ3v) is 2.89. The summed E-state index contributed by atoms with van der Waals surface area (Å²) < 4.78 is 39.6. The first-order valence-corrected chi connectivity index (χ1v) is 6.41. The topological polar surface area (TPSA) is 29.9 Å². The number of rotatable bonds is 4. The molecule has 0 aliphatic carbocycles. The minimum atomic E-state index is -4.43. The molecule has 0 radical (unpaired) electrons. The van der Waals surface area contributed by atoms with Crippen LogP contribution in [0.4, 0.5) is 13.2 Å². The van der Waals surface area contributed by atoms with Crippen LogP contribution in [0, 0.1) is 0 Å². The van der Waals surface area contributed by atoms with E-state index in [0.717, 1.165) is 24.4 Å². The van der Waals surface area contributed by atoms with Gasteiger partial charge in [-0.15, -0.1) is 0 Å². The second-order valence-corrected chi connectivity index (χ2v) is 4.66. The molecule has 0 aliphatic rings. The molecule has 3 nitrogen and oxygen atoms in total. The number of nitrogens with one attached hydrogen (secondary N) is 1. The van der Waals surface area contributed by atoms with Crippen LogP contribution in [-0.4, -0.2) is 16.3 Å². The molecule has 0 fully saturated rings. The van der Waals surface area contributed by atoms with E-state index in [1.807, 2.05) is 6.92 Å². The Morgan fingerprint density at radius 3 is 2.70 bits per heavy atom. The monoisotopic (exact) mass is 303 g/mol. The Morgan fingerprint density at radius 2 is 2.05 bits per heavy atom. The molecule has 0 aliphatic heterocycles. The molecule has 0 atom stereocenters. The average Bonchev–Trinajstić information content (AvgIpc) is 2.83. The molecule has 2 rings (SSSR count). The molecule has 0 amide bonds. The summed E-state index contributed by atoms with van der Waals surface area (Å²) in [7, 11) is 0. The lowest BCUT2D eigenvalue weighted by Crippen LogP contribution is -2.12. The Kier molecular flexibility index (Phi) is 4.35. The largest absolute Gasteiger partial charge is 0.416 e. The van der Waals surface area contributed by atoms with Crippen molar-refractivity contribution in [3.05, 3.63) is 46.7 Å². The van der Waals surface area contributed by atoms with Gasteiger partial charge in [0.05, 0.1) is 16.9 Å². The van der Waals surface area contributed by atoms with Crippen LogP contribution in [0.2, 0.25) is 5.02 Å². The van der Waals surface area contributed by atoms with Crippen LogP contribution in [0.25, 0.3) is 5.69 Å². The predicted octanol–water partition coefficient (Wildman–Crippen LogP) is 3.65. The fourth-order valence-corrected chi connectivity index (χ4v) is 1.95. The van der Waals surface area contributed by atoms with Crippen LogP contribution < -0.4 is 5.32 Å². The Bertz CT molecular complexity index is 593. The van der Waals surface area contributed by atoms with Gasteiger partial charge in [0.2, 0.25) is 0 Å². The maximum atomic E-state index is 12.7. The first-order chi connectivity index (χ1) is 9.40. The molecule has 0 saturated heterocycles. The first-order valence-electron chi connectivity index (χ1n) is 6.03. The van der Waals surface area contributed by atoms with Gasteiger partial charge in [-0.05, 0) is 30.8 Å². The first kappa shape index (κ1) is 14.9. The molecule has 1 heterocycles. The van der Waals surface area contributed by atoms with E-state index in [1.54, 1.807) is 12.3 Å². The highest BCUT2D eigenvalue weighted by atomic mass is 35.5. The number of halogens is 4. The van der Waals surface area contributed by atoms with Crippen molar-refractivity contribution in [1.29, 1.82) is 0 Å². The molecule has 0 saturated carbocycles. The van der Waals surface area contributed by atoms with Crippen molar-refractivity contribution < 1.29 is 13.2 Å². The number of benzene rings is 1. The van der Waals surface area contributed by atoms with Crippen molar-refractivity contribution in [1.82, 2.24) is 15.1 Å². The van der Waals surface area contributed by atoms with E-state index in [-0.39, 0.29) is 10.7 Å². The highest BCUT2D eigenvalue weighted by molar-refractivity contribution is 6.30. The lowest BCUT2D eigenvalue weighted by molar-refractivity contribution is -0.137. The van der Waals surface area contributed by atoms with Crippen LogP contribution in [0.5, 0.6) is 0 Å². The normalized spacial score (nSPS) is 11.8. The summed E-state index contributed by atoms with van der Waals surface area (Å²) >= 11 is 5.74. The van der Waals surface area contributed by atoms with Crippen molar-refractivity contribution in [3.8, 4) is 5.69 Å². The number of hydrogen-bond donors (Lipinski definition) is 1. The molecule has 1 N–H and O–H groups in total. The molecular weight excluding hydrogens is 291 g/mol. The zero-order valence-corrected chi connectivity index (χ0v) is 11.5.